The van der Waals surface area contributed by atoms with E-state index in [2.05, 4.69) is 19.2 Å². The van der Waals surface area contributed by atoms with Crippen LogP contribution in [-0.4, -0.2) is 24.3 Å². The molecule has 0 spiro atoms. The van der Waals surface area contributed by atoms with Crippen molar-refractivity contribution in [1.29, 1.82) is 0 Å². The predicted molar refractivity (Wildman–Crippen MR) is 99.4 cm³/mol. The first-order valence-corrected chi connectivity index (χ1v) is 8.57. The maximum atomic E-state index is 12.1. The van der Waals surface area contributed by atoms with Gasteiger partial charge in [0.25, 0.3) is 5.91 Å². The minimum absolute atomic E-state index is 0.0981. The summed E-state index contributed by atoms with van der Waals surface area (Å²) in [6.07, 6.45) is -0.697. The van der Waals surface area contributed by atoms with Crippen LogP contribution in [0.4, 0.5) is 0 Å². The minimum atomic E-state index is -0.697. The van der Waals surface area contributed by atoms with Crippen molar-refractivity contribution >= 4 is 23.3 Å². The Morgan fingerprint density at radius 1 is 1.08 bits per heavy atom. The number of Topliss-reactive ketones (excluding diaryl/α,β-unsaturated/α-hetero) is 1. The third-order valence-corrected chi connectivity index (χ3v) is 4.03. The molecule has 0 aliphatic rings. The van der Waals surface area contributed by atoms with Crippen LogP contribution in [0.5, 0.6) is 5.75 Å². The number of halogens is 1. The van der Waals surface area contributed by atoms with Crippen LogP contribution in [0, 0.1) is 0 Å². The van der Waals surface area contributed by atoms with Crippen LogP contribution in [0.25, 0.3) is 0 Å². The van der Waals surface area contributed by atoms with Gasteiger partial charge in [0.1, 0.15) is 5.75 Å². The lowest BCUT2D eigenvalue weighted by atomic mass is 10.0. The first kappa shape index (κ1) is 19.0. The Labute approximate surface area is 153 Å². The zero-order valence-electron chi connectivity index (χ0n) is 14.6. The van der Waals surface area contributed by atoms with Gasteiger partial charge in [-0.3, -0.25) is 9.59 Å². The lowest BCUT2D eigenvalue weighted by molar-refractivity contribution is -0.127. The van der Waals surface area contributed by atoms with Crippen LogP contribution < -0.4 is 10.1 Å². The Kier molecular flexibility index (Phi) is 6.59. The van der Waals surface area contributed by atoms with E-state index in [1.807, 2.05) is 24.3 Å². The van der Waals surface area contributed by atoms with Crippen molar-refractivity contribution in [3.05, 3.63) is 64.7 Å². The normalized spacial score (nSPS) is 11.9. The number of rotatable bonds is 7. The second-order valence-corrected chi connectivity index (χ2v) is 6.57. The van der Waals surface area contributed by atoms with Crippen LogP contribution in [0.1, 0.15) is 42.6 Å². The van der Waals surface area contributed by atoms with Crippen LogP contribution in [-0.2, 0) is 4.79 Å². The quantitative estimate of drug-likeness (QED) is 0.752. The van der Waals surface area contributed by atoms with Gasteiger partial charge in [-0.05, 0) is 42.7 Å². The van der Waals surface area contributed by atoms with Gasteiger partial charge in [-0.15, -0.1) is 0 Å². The molecule has 0 aromatic heterocycles. The summed E-state index contributed by atoms with van der Waals surface area (Å²) in [6.45, 7) is 5.78. The standard InChI is InChI=1S/C20H22ClNO3/c1-13(2)15-7-9-18(10-8-15)25-14(3)20(24)22-12-19(23)16-5-4-6-17(21)11-16/h4-11,13-14H,12H2,1-3H3,(H,22,24). The molecule has 1 unspecified atom stereocenters. The van der Waals surface area contributed by atoms with Crippen molar-refractivity contribution < 1.29 is 14.3 Å². The monoisotopic (exact) mass is 359 g/mol. The van der Waals surface area contributed by atoms with Gasteiger partial charge in [-0.1, -0.05) is 49.7 Å². The molecule has 0 fully saturated rings. The fourth-order valence-electron chi connectivity index (χ4n) is 2.26. The van der Waals surface area contributed by atoms with Gasteiger partial charge in [-0.2, -0.15) is 0 Å². The number of carbonyl (C=O) groups excluding carboxylic acids is 2. The van der Waals surface area contributed by atoms with Crippen molar-refractivity contribution in [2.75, 3.05) is 6.54 Å². The summed E-state index contributed by atoms with van der Waals surface area (Å²) in [6, 6.07) is 14.3. The number of hydrogen-bond acceptors (Lipinski definition) is 3. The first-order chi connectivity index (χ1) is 11.9. The van der Waals surface area contributed by atoms with Crippen LogP contribution in [0.15, 0.2) is 48.5 Å². The zero-order valence-corrected chi connectivity index (χ0v) is 15.3. The molecule has 5 heteroatoms. The molecule has 0 bridgehead atoms. The average molecular weight is 360 g/mol. The smallest absolute Gasteiger partial charge is 0.261 e. The lowest BCUT2D eigenvalue weighted by Gasteiger charge is -2.15. The number of carbonyl (C=O) groups is 2. The van der Waals surface area contributed by atoms with Gasteiger partial charge in [0, 0.05) is 10.6 Å². The number of ketones is 1. The Morgan fingerprint density at radius 2 is 1.76 bits per heavy atom. The number of amides is 1. The number of benzene rings is 2. The molecule has 2 aromatic carbocycles. The van der Waals surface area contributed by atoms with Crippen LogP contribution in [0.3, 0.4) is 0 Å². The van der Waals surface area contributed by atoms with Gasteiger partial charge in [0.05, 0.1) is 6.54 Å². The third-order valence-electron chi connectivity index (χ3n) is 3.80. The molecule has 0 saturated heterocycles. The molecule has 0 heterocycles. The molecule has 1 amide bonds. The second-order valence-electron chi connectivity index (χ2n) is 6.14. The summed E-state index contributed by atoms with van der Waals surface area (Å²) >= 11 is 5.86. The Bertz CT molecular complexity index is 741. The highest BCUT2D eigenvalue weighted by molar-refractivity contribution is 6.31. The molecule has 0 aliphatic carbocycles. The van der Waals surface area contributed by atoms with Gasteiger partial charge in [0.15, 0.2) is 11.9 Å². The van der Waals surface area contributed by atoms with E-state index >= 15 is 0 Å². The Hall–Kier alpha value is -2.33. The highest BCUT2D eigenvalue weighted by Crippen LogP contribution is 2.19. The van der Waals surface area contributed by atoms with Crippen molar-refractivity contribution in [3.8, 4) is 5.75 Å². The molecule has 2 aromatic rings. The Morgan fingerprint density at radius 3 is 2.36 bits per heavy atom. The minimum Gasteiger partial charge on any atom is -0.481 e. The summed E-state index contributed by atoms with van der Waals surface area (Å²) in [5.74, 6) is 0.508. The van der Waals surface area contributed by atoms with Crippen molar-refractivity contribution in [3.63, 3.8) is 0 Å². The number of hydrogen-bond donors (Lipinski definition) is 1. The molecule has 25 heavy (non-hydrogen) atoms. The first-order valence-electron chi connectivity index (χ1n) is 8.20. The van der Waals surface area contributed by atoms with E-state index in [0.717, 1.165) is 0 Å². The van der Waals surface area contributed by atoms with E-state index < -0.39 is 6.10 Å². The fourth-order valence-corrected chi connectivity index (χ4v) is 2.45. The maximum absolute atomic E-state index is 12.1. The van der Waals surface area contributed by atoms with Gasteiger partial charge < -0.3 is 10.1 Å². The molecular weight excluding hydrogens is 338 g/mol. The average Bonchev–Trinajstić information content (AvgIpc) is 2.59. The van der Waals surface area contributed by atoms with Crippen molar-refractivity contribution in [2.24, 2.45) is 0 Å². The summed E-state index contributed by atoms with van der Waals surface area (Å²) in [5, 5.41) is 3.08. The predicted octanol–water partition coefficient (Wildman–Crippen LogP) is 4.23. The fraction of sp³-hybridized carbons (Fsp3) is 0.300. The highest BCUT2D eigenvalue weighted by Gasteiger charge is 2.16. The van der Waals surface area contributed by atoms with E-state index in [0.29, 0.717) is 22.3 Å². The molecule has 0 radical (unpaired) electrons. The molecule has 1 atom stereocenters. The van der Waals surface area contributed by atoms with Crippen LogP contribution >= 0.6 is 11.6 Å². The van der Waals surface area contributed by atoms with E-state index in [9.17, 15) is 9.59 Å². The van der Waals surface area contributed by atoms with Gasteiger partial charge in [0.2, 0.25) is 0 Å². The molecule has 1 N–H and O–H groups in total. The van der Waals surface area contributed by atoms with Gasteiger partial charge >= 0.3 is 0 Å². The van der Waals surface area contributed by atoms with Crippen molar-refractivity contribution in [1.82, 2.24) is 5.32 Å². The molecule has 4 nitrogen and oxygen atoms in total. The molecular formula is C20H22ClNO3. The van der Waals surface area contributed by atoms with E-state index in [4.69, 9.17) is 16.3 Å². The van der Waals surface area contributed by atoms with Crippen LogP contribution in [0.2, 0.25) is 5.02 Å². The van der Waals surface area contributed by atoms with Crippen molar-refractivity contribution in [2.45, 2.75) is 32.8 Å². The molecule has 132 valence electrons. The molecule has 0 aliphatic heterocycles. The summed E-state index contributed by atoms with van der Waals surface area (Å²) in [5.41, 5.74) is 1.67. The maximum Gasteiger partial charge on any atom is 0.261 e. The third kappa shape index (κ3) is 5.61. The van der Waals surface area contributed by atoms with Gasteiger partial charge in [-0.25, -0.2) is 0 Å². The summed E-state index contributed by atoms with van der Waals surface area (Å²) in [4.78, 5) is 24.2. The summed E-state index contributed by atoms with van der Waals surface area (Å²) in [7, 11) is 0. The summed E-state index contributed by atoms with van der Waals surface area (Å²) < 4.78 is 5.62. The number of ether oxygens (including phenoxy) is 1. The SMILES string of the molecule is CC(Oc1ccc(C(C)C)cc1)C(=O)NCC(=O)c1cccc(Cl)c1. The topological polar surface area (TPSA) is 55.4 Å². The van der Waals surface area contributed by atoms with E-state index in [1.54, 1.807) is 31.2 Å². The van der Waals surface area contributed by atoms with E-state index in [-0.39, 0.29) is 18.2 Å². The zero-order chi connectivity index (χ0) is 18.4. The lowest BCUT2D eigenvalue weighted by Crippen LogP contribution is -2.39. The molecule has 0 saturated carbocycles. The van der Waals surface area contributed by atoms with E-state index in [1.165, 1.54) is 5.56 Å². The number of nitrogens with one attached hydrogen (secondary N) is 1. The second kappa shape index (κ2) is 8.67. The molecule has 2 rings (SSSR count). The Balaban J connectivity index is 1.86. The highest BCUT2D eigenvalue weighted by atomic mass is 35.5. The largest absolute Gasteiger partial charge is 0.481 e.